The van der Waals surface area contributed by atoms with Crippen molar-refractivity contribution in [2.75, 3.05) is 0 Å². The van der Waals surface area contributed by atoms with Gasteiger partial charge >= 0.3 is 5.97 Å². The van der Waals surface area contributed by atoms with Gasteiger partial charge < -0.3 is 14.5 Å². The van der Waals surface area contributed by atoms with Gasteiger partial charge in [0, 0.05) is 34.6 Å². The van der Waals surface area contributed by atoms with E-state index in [1.54, 1.807) is 18.3 Å². The first-order valence-corrected chi connectivity index (χ1v) is 6.66. The van der Waals surface area contributed by atoms with Crippen LogP contribution in [0.2, 0.25) is 0 Å². The number of furan rings is 1. The van der Waals surface area contributed by atoms with Gasteiger partial charge in [-0.2, -0.15) is 0 Å². The molecule has 112 valence electrons. The highest BCUT2D eigenvalue weighted by Crippen LogP contribution is 2.32. The molecule has 0 fully saturated rings. The fraction of sp³-hybridized carbons (Fsp3) is 0.125. The van der Waals surface area contributed by atoms with E-state index in [9.17, 15) is 14.0 Å². The van der Waals surface area contributed by atoms with E-state index in [0.717, 1.165) is 0 Å². The van der Waals surface area contributed by atoms with Crippen LogP contribution in [-0.4, -0.2) is 21.8 Å². The molecule has 0 atom stereocenters. The summed E-state index contributed by atoms with van der Waals surface area (Å²) in [6.45, 7) is 0. The van der Waals surface area contributed by atoms with E-state index in [4.69, 9.17) is 9.52 Å². The van der Waals surface area contributed by atoms with Gasteiger partial charge in [-0.05, 0) is 18.2 Å². The fourth-order valence-corrected chi connectivity index (χ4v) is 2.34. The van der Waals surface area contributed by atoms with Crippen LogP contribution in [0.3, 0.4) is 0 Å². The number of hydrogen-bond acceptors (Lipinski definition) is 3. The Morgan fingerprint density at radius 1 is 1.27 bits per heavy atom. The SMILES string of the molecule is O=C(O)CCC(=O)c1cc(-c2c[nH]c3cccc(F)c23)co1. The third-order valence-electron chi connectivity index (χ3n) is 3.41. The molecule has 3 aromatic rings. The Labute approximate surface area is 124 Å². The monoisotopic (exact) mass is 301 g/mol. The molecule has 5 nitrogen and oxygen atoms in total. The topological polar surface area (TPSA) is 83.3 Å². The molecule has 2 aromatic heterocycles. The Hall–Kier alpha value is -2.89. The lowest BCUT2D eigenvalue weighted by Gasteiger charge is -1.96. The van der Waals surface area contributed by atoms with Crippen molar-refractivity contribution >= 4 is 22.7 Å². The molecule has 0 unspecified atom stereocenters. The second-order valence-corrected chi connectivity index (χ2v) is 4.88. The highest BCUT2D eigenvalue weighted by Gasteiger charge is 2.16. The summed E-state index contributed by atoms with van der Waals surface area (Å²) in [7, 11) is 0. The number of carbonyl (C=O) groups excluding carboxylic acids is 1. The number of carbonyl (C=O) groups is 2. The smallest absolute Gasteiger partial charge is 0.303 e. The third kappa shape index (κ3) is 2.50. The van der Waals surface area contributed by atoms with Crippen LogP contribution < -0.4 is 0 Å². The molecule has 0 radical (unpaired) electrons. The molecule has 0 aliphatic rings. The zero-order chi connectivity index (χ0) is 15.7. The van der Waals surface area contributed by atoms with Crippen molar-refractivity contribution < 1.29 is 23.5 Å². The summed E-state index contributed by atoms with van der Waals surface area (Å²) in [6, 6.07) is 6.22. The summed E-state index contributed by atoms with van der Waals surface area (Å²) in [5.74, 6) is -1.73. The van der Waals surface area contributed by atoms with Crippen molar-refractivity contribution in [2.45, 2.75) is 12.8 Å². The maximum atomic E-state index is 14.0. The summed E-state index contributed by atoms with van der Waals surface area (Å²) < 4.78 is 19.2. The number of aliphatic carboxylic acids is 1. The van der Waals surface area contributed by atoms with E-state index >= 15 is 0 Å². The van der Waals surface area contributed by atoms with Gasteiger partial charge in [0.2, 0.25) is 0 Å². The Morgan fingerprint density at radius 3 is 2.86 bits per heavy atom. The number of ketones is 1. The Bertz CT molecular complexity index is 862. The molecular weight excluding hydrogens is 289 g/mol. The van der Waals surface area contributed by atoms with Gasteiger partial charge in [0.1, 0.15) is 5.82 Å². The molecule has 0 amide bonds. The van der Waals surface area contributed by atoms with Crippen LogP contribution in [0.4, 0.5) is 4.39 Å². The Kier molecular flexibility index (Phi) is 3.50. The van der Waals surface area contributed by atoms with E-state index in [2.05, 4.69) is 4.98 Å². The van der Waals surface area contributed by atoms with Gasteiger partial charge in [-0.1, -0.05) is 6.07 Å². The molecular formula is C16H12FNO4. The molecule has 1 aromatic carbocycles. The number of carboxylic acids is 1. The first-order valence-electron chi connectivity index (χ1n) is 6.66. The third-order valence-corrected chi connectivity index (χ3v) is 3.41. The van der Waals surface area contributed by atoms with Crippen LogP contribution in [0.15, 0.2) is 41.1 Å². The number of H-pyrrole nitrogens is 1. The molecule has 6 heteroatoms. The zero-order valence-corrected chi connectivity index (χ0v) is 11.4. The van der Waals surface area contributed by atoms with E-state index in [1.165, 1.54) is 18.4 Å². The van der Waals surface area contributed by atoms with Crippen molar-refractivity contribution in [3.63, 3.8) is 0 Å². The molecule has 3 rings (SSSR count). The van der Waals surface area contributed by atoms with Crippen LogP contribution in [0.25, 0.3) is 22.0 Å². The number of aromatic amines is 1. The van der Waals surface area contributed by atoms with Gasteiger partial charge in [-0.25, -0.2) is 4.39 Å². The summed E-state index contributed by atoms with van der Waals surface area (Å²) in [6.07, 6.45) is 2.62. The van der Waals surface area contributed by atoms with Crippen molar-refractivity contribution in [1.82, 2.24) is 4.98 Å². The molecule has 2 N–H and O–H groups in total. The van der Waals surface area contributed by atoms with Crippen molar-refractivity contribution in [1.29, 1.82) is 0 Å². The standard InChI is InChI=1S/C16H12FNO4/c17-11-2-1-3-12-16(11)10(7-18-12)9-6-14(22-8-9)13(19)4-5-15(20)21/h1-3,6-8,18H,4-5H2,(H,20,21). The van der Waals surface area contributed by atoms with Crippen molar-refractivity contribution in [3.8, 4) is 11.1 Å². The molecule has 22 heavy (non-hydrogen) atoms. The number of benzene rings is 1. The Morgan fingerprint density at radius 2 is 2.09 bits per heavy atom. The minimum absolute atomic E-state index is 0.0712. The summed E-state index contributed by atoms with van der Waals surface area (Å²) in [4.78, 5) is 25.3. The van der Waals surface area contributed by atoms with Crippen molar-refractivity contribution in [2.24, 2.45) is 0 Å². The lowest BCUT2D eigenvalue weighted by Crippen LogP contribution is -2.02. The zero-order valence-electron chi connectivity index (χ0n) is 11.4. The number of nitrogens with one attached hydrogen (secondary N) is 1. The average Bonchev–Trinajstić information content (AvgIpc) is 3.11. The largest absolute Gasteiger partial charge is 0.481 e. The maximum absolute atomic E-state index is 14.0. The fourth-order valence-electron chi connectivity index (χ4n) is 2.34. The number of halogens is 1. The molecule has 0 saturated heterocycles. The molecule has 0 aliphatic carbocycles. The quantitative estimate of drug-likeness (QED) is 0.705. The average molecular weight is 301 g/mol. The second kappa shape index (κ2) is 5.48. The van der Waals surface area contributed by atoms with E-state index < -0.39 is 11.8 Å². The lowest BCUT2D eigenvalue weighted by molar-refractivity contribution is -0.136. The van der Waals surface area contributed by atoms with Crippen LogP contribution in [0.5, 0.6) is 0 Å². The number of rotatable bonds is 5. The number of aromatic nitrogens is 1. The van der Waals surface area contributed by atoms with Crippen LogP contribution in [0, 0.1) is 5.82 Å². The van der Waals surface area contributed by atoms with Crippen LogP contribution >= 0.6 is 0 Å². The van der Waals surface area contributed by atoms with E-state index in [0.29, 0.717) is 22.0 Å². The second-order valence-electron chi connectivity index (χ2n) is 4.88. The molecule has 0 aliphatic heterocycles. The minimum atomic E-state index is -1.04. The summed E-state index contributed by atoms with van der Waals surface area (Å²) in [5.41, 5.74) is 1.80. The highest BCUT2D eigenvalue weighted by atomic mass is 19.1. The van der Waals surface area contributed by atoms with E-state index in [1.807, 2.05) is 0 Å². The summed E-state index contributed by atoms with van der Waals surface area (Å²) >= 11 is 0. The first-order chi connectivity index (χ1) is 10.6. The minimum Gasteiger partial charge on any atom is -0.481 e. The lowest BCUT2D eigenvalue weighted by atomic mass is 10.1. The summed E-state index contributed by atoms with van der Waals surface area (Å²) in [5, 5.41) is 9.01. The first kappa shape index (κ1) is 14.1. The molecule has 0 saturated carbocycles. The van der Waals surface area contributed by atoms with Gasteiger partial charge in [0.05, 0.1) is 12.7 Å². The van der Waals surface area contributed by atoms with Gasteiger partial charge in [0.25, 0.3) is 0 Å². The highest BCUT2D eigenvalue weighted by molar-refractivity contribution is 5.99. The number of hydrogen-bond donors (Lipinski definition) is 2. The molecule has 2 heterocycles. The van der Waals surface area contributed by atoms with Gasteiger partial charge in [-0.15, -0.1) is 0 Å². The van der Waals surface area contributed by atoms with Gasteiger partial charge in [0.15, 0.2) is 11.5 Å². The normalized spacial score (nSPS) is 11.0. The number of Topliss-reactive ketones (excluding diaryl/α,β-unsaturated/α-hetero) is 1. The Balaban J connectivity index is 1.93. The predicted octanol–water partition coefficient (Wildman–Crippen LogP) is 3.61. The molecule has 0 bridgehead atoms. The number of carboxylic acid groups (broad SMARTS) is 1. The van der Waals surface area contributed by atoms with Crippen LogP contribution in [0.1, 0.15) is 23.4 Å². The maximum Gasteiger partial charge on any atom is 0.303 e. The predicted molar refractivity (Wildman–Crippen MR) is 77.2 cm³/mol. The van der Waals surface area contributed by atoms with Crippen molar-refractivity contribution in [3.05, 3.63) is 48.3 Å². The number of fused-ring (bicyclic) bond motifs is 1. The molecule has 0 spiro atoms. The van der Waals surface area contributed by atoms with Gasteiger partial charge in [-0.3, -0.25) is 9.59 Å². The van der Waals surface area contributed by atoms with E-state index in [-0.39, 0.29) is 24.4 Å². The van der Waals surface area contributed by atoms with Crippen LogP contribution in [-0.2, 0) is 4.79 Å².